The Balaban J connectivity index is 1.21. The van der Waals surface area contributed by atoms with Crippen LogP contribution in [0.4, 0.5) is 0 Å². The molecular weight excluding hydrogens is 737 g/mol. The van der Waals surface area contributed by atoms with Crippen LogP contribution in [-0.2, 0) is 52.0 Å². The van der Waals surface area contributed by atoms with E-state index in [1.165, 1.54) is 0 Å². The minimum Gasteiger partial charge on any atom is -0.485 e. The molecule has 0 unspecified atom stereocenters. The molecule has 0 aliphatic carbocycles. The first-order valence-corrected chi connectivity index (χ1v) is 19.2. The molecule has 5 atom stereocenters. The van der Waals surface area contributed by atoms with Crippen LogP contribution in [0.1, 0.15) is 38.2 Å². The molecule has 0 saturated carbocycles. The maximum Gasteiger partial charge on any atom is 0.340 e. The third-order valence-corrected chi connectivity index (χ3v) is 9.55. The summed E-state index contributed by atoms with van der Waals surface area (Å²) in [6, 6.07) is 51.0. The molecule has 1 saturated heterocycles. The van der Waals surface area contributed by atoms with Crippen molar-refractivity contribution in [2.24, 2.45) is 0 Å². The van der Waals surface area contributed by atoms with E-state index >= 15 is 0 Å². The number of carbonyl (C=O) groups excluding carboxylic acids is 1. The summed E-state index contributed by atoms with van der Waals surface area (Å²) in [5, 5.41) is 21.7. The number of esters is 1. The van der Waals surface area contributed by atoms with Crippen molar-refractivity contribution in [3.05, 3.63) is 197 Å². The van der Waals surface area contributed by atoms with Gasteiger partial charge in [-0.3, -0.25) is 0 Å². The Morgan fingerprint density at radius 2 is 0.897 bits per heavy atom. The second-order valence-electron chi connectivity index (χ2n) is 13.8. The number of ether oxygens (including phenoxy) is 7. The van der Waals surface area contributed by atoms with Crippen molar-refractivity contribution in [3.63, 3.8) is 0 Å². The van der Waals surface area contributed by atoms with Crippen molar-refractivity contribution >= 4 is 5.97 Å². The Kier molecular flexibility index (Phi) is 14.2. The Bertz CT molecular complexity index is 2070. The molecule has 58 heavy (non-hydrogen) atoms. The van der Waals surface area contributed by atoms with Gasteiger partial charge in [-0.2, -0.15) is 0 Å². The first kappa shape index (κ1) is 40.2. The summed E-state index contributed by atoms with van der Waals surface area (Å²) in [4.78, 5) is 14.4. The average Bonchev–Trinajstić information content (AvgIpc) is 3.28. The Labute approximate surface area is 338 Å². The van der Waals surface area contributed by atoms with Gasteiger partial charge in [0.05, 0.1) is 25.4 Å². The number of aliphatic hydroxyl groups excluding tert-OH is 2. The molecular formula is C48H46O10. The van der Waals surface area contributed by atoms with Crippen LogP contribution < -0.4 is 14.2 Å². The SMILES string of the molecule is O=C(O[C@@H]1O[C@H](CO)[C@@H](O)[C@H](OCc2ccccc2)[C@H]1OCc1ccccc1)c1cc(OCc2ccccc2)c(OCc2ccccc2)c(OCc2ccccc2)c1. The van der Waals surface area contributed by atoms with Crippen LogP contribution in [0.25, 0.3) is 0 Å². The van der Waals surface area contributed by atoms with E-state index < -0.39 is 43.3 Å². The van der Waals surface area contributed by atoms with Crippen LogP contribution in [0.15, 0.2) is 164 Å². The summed E-state index contributed by atoms with van der Waals surface area (Å²) in [6.07, 6.45) is -5.98. The van der Waals surface area contributed by atoms with Gasteiger partial charge in [-0.1, -0.05) is 152 Å². The smallest absolute Gasteiger partial charge is 0.340 e. The minimum absolute atomic E-state index is 0.0806. The predicted octanol–water partition coefficient (Wildman–Crippen LogP) is 7.83. The highest BCUT2D eigenvalue weighted by molar-refractivity contribution is 5.91. The van der Waals surface area contributed by atoms with Gasteiger partial charge in [0.2, 0.25) is 12.0 Å². The van der Waals surface area contributed by atoms with Crippen molar-refractivity contribution in [1.82, 2.24) is 0 Å². The van der Waals surface area contributed by atoms with Crippen molar-refractivity contribution in [2.75, 3.05) is 6.61 Å². The number of hydrogen-bond acceptors (Lipinski definition) is 10. The summed E-state index contributed by atoms with van der Waals surface area (Å²) in [6.45, 7) is 0.232. The molecule has 10 nitrogen and oxygen atoms in total. The molecule has 1 heterocycles. The van der Waals surface area contributed by atoms with E-state index in [-0.39, 0.29) is 50.1 Å². The Hall–Kier alpha value is -6.01. The van der Waals surface area contributed by atoms with E-state index in [1.54, 1.807) is 12.1 Å². The number of aliphatic hydroxyl groups is 2. The molecule has 7 rings (SSSR count). The van der Waals surface area contributed by atoms with Crippen molar-refractivity contribution in [3.8, 4) is 17.2 Å². The van der Waals surface area contributed by atoms with Crippen LogP contribution in [-0.4, -0.2) is 53.5 Å². The highest BCUT2D eigenvalue weighted by Gasteiger charge is 2.48. The highest BCUT2D eigenvalue weighted by Crippen LogP contribution is 2.41. The van der Waals surface area contributed by atoms with E-state index in [1.807, 2.05) is 152 Å². The third kappa shape index (κ3) is 10.9. The van der Waals surface area contributed by atoms with Gasteiger partial charge in [0.25, 0.3) is 0 Å². The third-order valence-electron chi connectivity index (χ3n) is 9.55. The predicted molar refractivity (Wildman–Crippen MR) is 216 cm³/mol. The van der Waals surface area contributed by atoms with E-state index in [2.05, 4.69) is 0 Å². The van der Waals surface area contributed by atoms with E-state index in [0.717, 1.165) is 27.8 Å². The molecule has 0 aromatic heterocycles. The zero-order valence-electron chi connectivity index (χ0n) is 31.9. The lowest BCUT2D eigenvalue weighted by Crippen LogP contribution is -2.61. The number of carbonyl (C=O) groups is 1. The lowest BCUT2D eigenvalue weighted by molar-refractivity contribution is -0.305. The maximum absolute atomic E-state index is 14.4. The molecule has 10 heteroatoms. The molecule has 0 radical (unpaired) electrons. The molecule has 298 valence electrons. The van der Waals surface area contributed by atoms with Gasteiger partial charge in [0.15, 0.2) is 11.5 Å². The van der Waals surface area contributed by atoms with E-state index in [0.29, 0.717) is 5.75 Å². The molecule has 6 aromatic carbocycles. The summed E-state index contributed by atoms with van der Waals surface area (Å²) in [5.74, 6) is 0.0259. The summed E-state index contributed by atoms with van der Waals surface area (Å²) < 4.78 is 44.0. The average molecular weight is 783 g/mol. The molecule has 1 aliphatic rings. The number of benzene rings is 6. The first-order chi connectivity index (χ1) is 28.5. The molecule has 2 N–H and O–H groups in total. The van der Waals surface area contributed by atoms with Gasteiger partial charge in [0.1, 0.15) is 44.2 Å². The lowest BCUT2D eigenvalue weighted by Gasteiger charge is -2.43. The van der Waals surface area contributed by atoms with E-state index in [9.17, 15) is 15.0 Å². The molecule has 0 amide bonds. The van der Waals surface area contributed by atoms with Gasteiger partial charge in [-0.15, -0.1) is 0 Å². The molecule has 1 aliphatic heterocycles. The highest BCUT2D eigenvalue weighted by atomic mass is 16.7. The fourth-order valence-electron chi connectivity index (χ4n) is 6.46. The standard InChI is InChI=1S/C48H46O10/c49-28-42-43(50)45(55-32-37-22-12-4-13-23-37)46(56-33-38-24-14-5-15-25-38)48(57-42)58-47(51)39-26-40(52-29-34-16-6-1-7-17-34)44(54-31-36-20-10-3-11-21-36)41(27-39)53-30-35-18-8-2-9-19-35/h1-27,42-43,45-46,48-50H,28-33H2/t42-,43-,45+,46-,48+/m1/s1. The Morgan fingerprint density at radius 3 is 1.31 bits per heavy atom. The normalized spacial score (nSPS) is 18.9. The van der Waals surface area contributed by atoms with Crippen molar-refractivity contribution < 1.29 is 48.2 Å². The zero-order valence-corrected chi connectivity index (χ0v) is 31.9. The van der Waals surface area contributed by atoms with Crippen molar-refractivity contribution in [1.29, 1.82) is 0 Å². The zero-order chi connectivity index (χ0) is 39.9. The number of hydrogen-bond donors (Lipinski definition) is 2. The van der Waals surface area contributed by atoms with Crippen LogP contribution in [0.2, 0.25) is 0 Å². The monoisotopic (exact) mass is 782 g/mol. The molecule has 0 bridgehead atoms. The number of rotatable bonds is 18. The van der Waals surface area contributed by atoms with Gasteiger partial charge < -0.3 is 43.4 Å². The van der Waals surface area contributed by atoms with Crippen LogP contribution in [0.3, 0.4) is 0 Å². The van der Waals surface area contributed by atoms with Gasteiger partial charge in [0, 0.05) is 0 Å². The van der Waals surface area contributed by atoms with Gasteiger partial charge in [-0.05, 0) is 39.9 Å². The summed E-state index contributed by atoms with van der Waals surface area (Å²) in [5.41, 5.74) is 4.52. The topological polar surface area (TPSA) is 122 Å². The quantitative estimate of drug-likeness (QED) is 0.0835. The second kappa shape index (κ2) is 20.4. The molecule has 0 spiro atoms. The molecule has 6 aromatic rings. The largest absolute Gasteiger partial charge is 0.485 e. The fourth-order valence-corrected chi connectivity index (χ4v) is 6.46. The lowest BCUT2D eigenvalue weighted by atomic mass is 9.98. The van der Waals surface area contributed by atoms with Gasteiger partial charge in [-0.25, -0.2) is 4.79 Å². The minimum atomic E-state index is -1.39. The Morgan fingerprint density at radius 1 is 0.517 bits per heavy atom. The van der Waals surface area contributed by atoms with Crippen LogP contribution >= 0.6 is 0 Å². The maximum atomic E-state index is 14.4. The molecule has 1 fully saturated rings. The van der Waals surface area contributed by atoms with Crippen molar-refractivity contribution in [2.45, 2.75) is 63.7 Å². The van der Waals surface area contributed by atoms with E-state index in [4.69, 9.17) is 33.2 Å². The summed E-state index contributed by atoms with van der Waals surface area (Å²) in [7, 11) is 0. The van der Waals surface area contributed by atoms with Crippen LogP contribution in [0.5, 0.6) is 17.2 Å². The van der Waals surface area contributed by atoms with Crippen LogP contribution in [0, 0.1) is 0 Å². The van der Waals surface area contributed by atoms with Gasteiger partial charge >= 0.3 is 5.97 Å². The summed E-state index contributed by atoms with van der Waals surface area (Å²) >= 11 is 0. The fraction of sp³-hybridized carbons (Fsp3) is 0.229. The second-order valence-corrected chi connectivity index (χ2v) is 13.8. The first-order valence-electron chi connectivity index (χ1n) is 19.2.